The van der Waals surface area contributed by atoms with E-state index in [0.717, 1.165) is 16.9 Å². The van der Waals surface area contributed by atoms with Gasteiger partial charge in [0.2, 0.25) is 0 Å². The van der Waals surface area contributed by atoms with Gasteiger partial charge in [-0.1, -0.05) is 19.1 Å². The minimum atomic E-state index is -0.732. The number of aliphatic hydroxyl groups excluding tert-OH is 1. The third-order valence-electron chi connectivity index (χ3n) is 3.54. The van der Waals surface area contributed by atoms with Crippen LogP contribution in [0.25, 0.3) is 0 Å². The first-order chi connectivity index (χ1) is 10.5. The van der Waals surface area contributed by atoms with Crippen molar-refractivity contribution in [3.8, 4) is 0 Å². The van der Waals surface area contributed by atoms with E-state index in [9.17, 15) is 14.3 Å². The average Bonchev–Trinajstić information content (AvgIpc) is 2.96. The van der Waals surface area contributed by atoms with Crippen molar-refractivity contribution >= 4 is 17.2 Å². The summed E-state index contributed by atoms with van der Waals surface area (Å²) in [5.74, 6) is -0.437. The summed E-state index contributed by atoms with van der Waals surface area (Å²) in [5, 5.41) is 15.0. The number of hydrogen-bond donors (Lipinski definition) is 2. The molecule has 3 nitrogen and oxygen atoms in total. The molecule has 118 valence electrons. The standard InChI is InChI=1S/C17H20FNO2S/c1-3-12-8-9-22-16(12)17(21)19-11(2)10-15(20)13-4-6-14(18)7-5-13/h4-9,11,15,20H,3,10H2,1-2H3,(H,19,21). The van der Waals surface area contributed by atoms with Gasteiger partial charge in [0.15, 0.2) is 0 Å². The molecule has 2 unspecified atom stereocenters. The SMILES string of the molecule is CCc1ccsc1C(=O)NC(C)CC(O)c1ccc(F)cc1. The highest BCUT2D eigenvalue weighted by Gasteiger charge is 2.17. The maximum atomic E-state index is 12.9. The Kier molecular flexibility index (Phi) is 5.69. The van der Waals surface area contributed by atoms with Crippen LogP contribution in [0.1, 0.15) is 47.2 Å². The second-order valence-corrected chi connectivity index (χ2v) is 6.22. The second-order valence-electron chi connectivity index (χ2n) is 5.31. The van der Waals surface area contributed by atoms with E-state index in [0.29, 0.717) is 12.0 Å². The maximum Gasteiger partial charge on any atom is 0.261 e. The quantitative estimate of drug-likeness (QED) is 0.852. The lowest BCUT2D eigenvalue weighted by Crippen LogP contribution is -2.33. The van der Waals surface area contributed by atoms with Crippen LogP contribution in [-0.4, -0.2) is 17.1 Å². The summed E-state index contributed by atoms with van der Waals surface area (Å²) in [4.78, 5) is 13.0. The highest BCUT2D eigenvalue weighted by atomic mass is 32.1. The van der Waals surface area contributed by atoms with Crippen molar-refractivity contribution in [1.29, 1.82) is 0 Å². The fourth-order valence-electron chi connectivity index (χ4n) is 2.32. The lowest BCUT2D eigenvalue weighted by molar-refractivity contribution is 0.0920. The van der Waals surface area contributed by atoms with E-state index in [1.807, 2.05) is 25.3 Å². The van der Waals surface area contributed by atoms with Gasteiger partial charge in [-0.25, -0.2) is 4.39 Å². The van der Waals surface area contributed by atoms with Crippen molar-refractivity contribution in [3.63, 3.8) is 0 Å². The van der Waals surface area contributed by atoms with Gasteiger partial charge < -0.3 is 10.4 Å². The number of thiophene rings is 1. The van der Waals surface area contributed by atoms with Gasteiger partial charge in [0.1, 0.15) is 5.82 Å². The molecule has 0 saturated carbocycles. The number of carbonyl (C=O) groups is 1. The predicted molar refractivity (Wildman–Crippen MR) is 86.6 cm³/mol. The van der Waals surface area contributed by atoms with E-state index in [-0.39, 0.29) is 17.8 Å². The molecule has 2 N–H and O–H groups in total. The topological polar surface area (TPSA) is 49.3 Å². The molecule has 2 rings (SSSR count). The van der Waals surface area contributed by atoms with E-state index < -0.39 is 6.10 Å². The van der Waals surface area contributed by atoms with Crippen LogP contribution in [0.15, 0.2) is 35.7 Å². The molecule has 5 heteroatoms. The molecule has 0 aliphatic heterocycles. The number of benzene rings is 1. The van der Waals surface area contributed by atoms with Crippen LogP contribution < -0.4 is 5.32 Å². The third-order valence-corrected chi connectivity index (χ3v) is 4.50. The first kappa shape index (κ1) is 16.6. The normalized spacial score (nSPS) is 13.6. The largest absolute Gasteiger partial charge is 0.388 e. The summed E-state index contributed by atoms with van der Waals surface area (Å²) in [6.45, 7) is 3.87. The first-order valence-electron chi connectivity index (χ1n) is 7.32. The Labute approximate surface area is 133 Å². The molecular weight excluding hydrogens is 301 g/mol. The zero-order valence-corrected chi connectivity index (χ0v) is 13.5. The highest BCUT2D eigenvalue weighted by molar-refractivity contribution is 7.12. The Hall–Kier alpha value is -1.72. The summed E-state index contributed by atoms with van der Waals surface area (Å²) >= 11 is 1.42. The van der Waals surface area contributed by atoms with Gasteiger partial charge in [-0.3, -0.25) is 4.79 Å². The Morgan fingerprint density at radius 3 is 2.64 bits per heavy atom. The molecule has 1 amide bonds. The molecule has 0 fully saturated rings. The number of nitrogens with one attached hydrogen (secondary N) is 1. The molecule has 0 bridgehead atoms. The molecule has 0 saturated heterocycles. The minimum absolute atomic E-state index is 0.106. The minimum Gasteiger partial charge on any atom is -0.388 e. The maximum absolute atomic E-state index is 12.9. The Morgan fingerprint density at radius 1 is 1.32 bits per heavy atom. The van der Waals surface area contributed by atoms with Gasteiger partial charge in [0.05, 0.1) is 11.0 Å². The van der Waals surface area contributed by atoms with Crippen molar-refractivity contribution in [2.75, 3.05) is 0 Å². The van der Waals surface area contributed by atoms with E-state index in [1.165, 1.54) is 23.5 Å². The molecule has 0 aliphatic rings. The van der Waals surface area contributed by atoms with Crippen molar-refractivity contribution < 1.29 is 14.3 Å². The molecule has 0 spiro atoms. The van der Waals surface area contributed by atoms with Crippen LogP contribution in [0.3, 0.4) is 0 Å². The number of rotatable bonds is 6. The molecule has 1 heterocycles. The fourth-order valence-corrected chi connectivity index (χ4v) is 3.22. The van der Waals surface area contributed by atoms with Gasteiger partial charge in [-0.05, 0) is 54.5 Å². The summed E-state index contributed by atoms with van der Waals surface area (Å²) in [7, 11) is 0. The van der Waals surface area contributed by atoms with Gasteiger partial charge in [0, 0.05) is 6.04 Å². The summed E-state index contributed by atoms with van der Waals surface area (Å²) < 4.78 is 12.9. The van der Waals surface area contributed by atoms with Crippen LogP contribution >= 0.6 is 11.3 Å². The molecule has 0 radical (unpaired) electrons. The van der Waals surface area contributed by atoms with Crippen LogP contribution in [0.4, 0.5) is 4.39 Å². The molecule has 1 aromatic heterocycles. The molecule has 0 aliphatic carbocycles. The first-order valence-corrected chi connectivity index (χ1v) is 8.20. The summed E-state index contributed by atoms with van der Waals surface area (Å²) in [5.41, 5.74) is 1.68. The number of amides is 1. The fraction of sp³-hybridized carbons (Fsp3) is 0.353. The average molecular weight is 321 g/mol. The molecule has 22 heavy (non-hydrogen) atoms. The van der Waals surface area contributed by atoms with Gasteiger partial charge in [0.25, 0.3) is 5.91 Å². The summed E-state index contributed by atoms with van der Waals surface area (Å²) in [6.07, 6.45) is 0.466. The molecular formula is C17H20FNO2S. The van der Waals surface area contributed by atoms with Gasteiger partial charge in [-0.15, -0.1) is 11.3 Å². The van der Waals surface area contributed by atoms with E-state index >= 15 is 0 Å². The van der Waals surface area contributed by atoms with Crippen molar-refractivity contribution in [2.24, 2.45) is 0 Å². The van der Waals surface area contributed by atoms with Crippen LogP contribution in [0.5, 0.6) is 0 Å². The van der Waals surface area contributed by atoms with Gasteiger partial charge >= 0.3 is 0 Å². The van der Waals surface area contributed by atoms with Crippen LogP contribution in [0, 0.1) is 5.82 Å². The molecule has 2 atom stereocenters. The molecule has 2 aromatic rings. The lowest BCUT2D eigenvalue weighted by Gasteiger charge is -2.18. The zero-order valence-electron chi connectivity index (χ0n) is 12.7. The van der Waals surface area contributed by atoms with Crippen molar-refractivity contribution in [3.05, 3.63) is 57.5 Å². The molecule has 1 aromatic carbocycles. The van der Waals surface area contributed by atoms with Crippen LogP contribution in [-0.2, 0) is 6.42 Å². The van der Waals surface area contributed by atoms with E-state index in [1.54, 1.807) is 12.1 Å². The van der Waals surface area contributed by atoms with Crippen molar-refractivity contribution in [2.45, 2.75) is 38.8 Å². The number of aliphatic hydroxyl groups is 1. The highest BCUT2D eigenvalue weighted by Crippen LogP contribution is 2.20. The summed E-state index contributed by atoms with van der Waals surface area (Å²) in [6, 6.07) is 7.53. The van der Waals surface area contributed by atoms with Crippen molar-refractivity contribution in [1.82, 2.24) is 5.32 Å². The number of hydrogen-bond acceptors (Lipinski definition) is 3. The number of aryl methyl sites for hydroxylation is 1. The Morgan fingerprint density at radius 2 is 2.00 bits per heavy atom. The smallest absolute Gasteiger partial charge is 0.261 e. The predicted octanol–water partition coefficient (Wildman–Crippen LogP) is 3.69. The monoisotopic (exact) mass is 321 g/mol. The number of halogens is 1. The second kappa shape index (κ2) is 7.51. The van der Waals surface area contributed by atoms with Crippen LogP contribution in [0.2, 0.25) is 0 Å². The Bertz CT molecular complexity index is 624. The number of carbonyl (C=O) groups excluding carboxylic acids is 1. The Balaban J connectivity index is 1.93. The lowest BCUT2D eigenvalue weighted by atomic mass is 10.0. The van der Waals surface area contributed by atoms with E-state index in [2.05, 4.69) is 5.32 Å². The van der Waals surface area contributed by atoms with Gasteiger partial charge in [-0.2, -0.15) is 0 Å². The zero-order chi connectivity index (χ0) is 16.1. The van der Waals surface area contributed by atoms with E-state index in [4.69, 9.17) is 0 Å². The third kappa shape index (κ3) is 4.15.